The van der Waals surface area contributed by atoms with Crippen molar-refractivity contribution in [2.75, 3.05) is 6.61 Å². The molecule has 2 N–H and O–H groups in total. The summed E-state index contributed by atoms with van der Waals surface area (Å²) >= 11 is 0. The number of halogens is 3. The van der Waals surface area contributed by atoms with Crippen LogP contribution in [0.4, 0.5) is 13.2 Å². The van der Waals surface area contributed by atoms with Crippen molar-refractivity contribution in [3.63, 3.8) is 0 Å². The van der Waals surface area contributed by atoms with Crippen molar-refractivity contribution in [1.29, 1.82) is 0 Å². The van der Waals surface area contributed by atoms with Crippen LogP contribution < -0.4 is 5.32 Å². The van der Waals surface area contributed by atoms with Gasteiger partial charge in [0.2, 0.25) is 5.91 Å². The van der Waals surface area contributed by atoms with Gasteiger partial charge in [0, 0.05) is 5.92 Å². The van der Waals surface area contributed by atoms with Crippen LogP contribution in [0.15, 0.2) is 0 Å². The van der Waals surface area contributed by atoms with E-state index in [4.69, 9.17) is 0 Å². The number of amides is 1. The molecule has 2 rings (SSSR count). The fourth-order valence-corrected chi connectivity index (χ4v) is 3.46. The molecule has 0 aromatic rings. The molecule has 116 valence electrons. The Labute approximate surface area is 116 Å². The maximum Gasteiger partial charge on any atom is 0.391 e. The summed E-state index contributed by atoms with van der Waals surface area (Å²) in [5, 5.41) is 12.3. The van der Waals surface area contributed by atoms with E-state index in [-0.39, 0.29) is 25.4 Å². The van der Waals surface area contributed by atoms with Gasteiger partial charge < -0.3 is 10.4 Å². The topological polar surface area (TPSA) is 49.3 Å². The third kappa shape index (κ3) is 3.45. The number of carbonyl (C=O) groups is 1. The summed E-state index contributed by atoms with van der Waals surface area (Å²) in [6, 6.07) is 0. The highest BCUT2D eigenvalue weighted by Crippen LogP contribution is 2.40. The minimum Gasteiger partial charge on any atom is -0.394 e. The first-order chi connectivity index (χ1) is 9.36. The Bertz CT molecular complexity index is 351. The van der Waals surface area contributed by atoms with Gasteiger partial charge in [-0.15, -0.1) is 0 Å². The maximum atomic E-state index is 12.8. The predicted octanol–water partition coefficient (Wildman–Crippen LogP) is 2.78. The fraction of sp³-hybridized carbons (Fsp3) is 0.929. The first kappa shape index (κ1) is 15.6. The van der Waals surface area contributed by atoms with Gasteiger partial charge in [0.05, 0.1) is 18.1 Å². The van der Waals surface area contributed by atoms with Crippen LogP contribution in [0.5, 0.6) is 0 Å². The van der Waals surface area contributed by atoms with E-state index in [9.17, 15) is 23.1 Å². The molecule has 0 aliphatic heterocycles. The summed E-state index contributed by atoms with van der Waals surface area (Å²) in [7, 11) is 0. The Hall–Kier alpha value is -0.780. The standard InChI is InChI=1S/C14H22F3NO2/c15-14(16,17)11-5-3-4-10(8-11)12(20)18-13(9-19)6-1-2-7-13/h10-11,19H,1-9H2,(H,18,20). The largest absolute Gasteiger partial charge is 0.394 e. The van der Waals surface area contributed by atoms with E-state index in [0.29, 0.717) is 25.7 Å². The minimum absolute atomic E-state index is 0.114. The zero-order valence-electron chi connectivity index (χ0n) is 11.5. The van der Waals surface area contributed by atoms with Gasteiger partial charge in [-0.25, -0.2) is 0 Å². The lowest BCUT2D eigenvalue weighted by atomic mass is 9.80. The monoisotopic (exact) mass is 293 g/mol. The molecule has 0 aromatic carbocycles. The molecule has 2 fully saturated rings. The summed E-state index contributed by atoms with van der Waals surface area (Å²) in [4.78, 5) is 12.2. The van der Waals surface area contributed by atoms with E-state index in [1.165, 1.54) is 0 Å². The summed E-state index contributed by atoms with van der Waals surface area (Å²) in [5.41, 5.74) is -0.595. The van der Waals surface area contributed by atoms with E-state index < -0.39 is 23.6 Å². The number of aliphatic hydroxyl groups excluding tert-OH is 1. The van der Waals surface area contributed by atoms with Crippen LogP contribution in [-0.4, -0.2) is 29.3 Å². The molecule has 2 unspecified atom stereocenters. The molecule has 0 heterocycles. The van der Waals surface area contributed by atoms with E-state index in [0.717, 1.165) is 12.8 Å². The molecule has 0 radical (unpaired) electrons. The highest BCUT2D eigenvalue weighted by molar-refractivity contribution is 5.79. The second-order valence-electron chi connectivity index (χ2n) is 6.24. The lowest BCUT2D eigenvalue weighted by Gasteiger charge is -2.34. The van der Waals surface area contributed by atoms with Crippen molar-refractivity contribution < 1.29 is 23.1 Å². The number of carbonyl (C=O) groups excluding carboxylic acids is 1. The van der Waals surface area contributed by atoms with Gasteiger partial charge in [0.15, 0.2) is 0 Å². The number of rotatable bonds is 3. The third-order valence-electron chi connectivity index (χ3n) is 4.76. The van der Waals surface area contributed by atoms with Crippen LogP contribution in [0.25, 0.3) is 0 Å². The van der Waals surface area contributed by atoms with E-state index in [2.05, 4.69) is 5.32 Å². The molecule has 6 heteroatoms. The number of hydrogen-bond acceptors (Lipinski definition) is 2. The zero-order chi connectivity index (χ0) is 14.8. The van der Waals surface area contributed by atoms with Crippen molar-refractivity contribution >= 4 is 5.91 Å². The molecule has 0 saturated heterocycles. The van der Waals surface area contributed by atoms with Crippen molar-refractivity contribution in [2.45, 2.75) is 63.1 Å². The molecule has 1 amide bonds. The third-order valence-corrected chi connectivity index (χ3v) is 4.76. The van der Waals surface area contributed by atoms with Crippen molar-refractivity contribution in [3.05, 3.63) is 0 Å². The molecule has 3 nitrogen and oxygen atoms in total. The maximum absolute atomic E-state index is 12.8. The second-order valence-corrected chi connectivity index (χ2v) is 6.24. The average molecular weight is 293 g/mol. The van der Waals surface area contributed by atoms with E-state index >= 15 is 0 Å². The first-order valence-electron chi connectivity index (χ1n) is 7.36. The minimum atomic E-state index is -4.21. The summed E-state index contributed by atoms with van der Waals surface area (Å²) in [6.45, 7) is -0.131. The first-order valence-corrected chi connectivity index (χ1v) is 7.36. The average Bonchev–Trinajstić information content (AvgIpc) is 2.87. The normalized spacial score (nSPS) is 30.2. The van der Waals surface area contributed by atoms with Crippen molar-refractivity contribution in [1.82, 2.24) is 5.32 Å². The molecular formula is C14H22F3NO2. The van der Waals surface area contributed by atoms with Gasteiger partial charge in [-0.2, -0.15) is 13.2 Å². The molecule has 0 aromatic heterocycles. The van der Waals surface area contributed by atoms with Crippen LogP contribution >= 0.6 is 0 Å². The van der Waals surface area contributed by atoms with Crippen LogP contribution in [0.3, 0.4) is 0 Å². The second kappa shape index (κ2) is 5.92. The summed E-state index contributed by atoms with van der Waals surface area (Å²) in [5.74, 6) is -2.24. The molecule has 0 bridgehead atoms. The van der Waals surface area contributed by atoms with Gasteiger partial charge in [0.25, 0.3) is 0 Å². The number of aliphatic hydroxyl groups is 1. The lowest BCUT2D eigenvalue weighted by Crippen LogP contribution is -2.52. The zero-order valence-corrected chi connectivity index (χ0v) is 11.5. The van der Waals surface area contributed by atoms with Crippen LogP contribution in [0.2, 0.25) is 0 Å². The van der Waals surface area contributed by atoms with E-state index in [1.807, 2.05) is 0 Å². The summed E-state index contributed by atoms with van der Waals surface area (Å²) in [6.07, 6.45) is 0.0627. The Kier molecular flexibility index (Phi) is 4.62. The molecule has 2 aliphatic rings. The number of nitrogens with one attached hydrogen (secondary N) is 1. The Morgan fingerprint density at radius 3 is 2.40 bits per heavy atom. The van der Waals surface area contributed by atoms with Crippen molar-refractivity contribution in [2.24, 2.45) is 11.8 Å². The number of alkyl halides is 3. The summed E-state index contributed by atoms with van der Waals surface area (Å²) < 4.78 is 38.3. The van der Waals surface area contributed by atoms with Crippen molar-refractivity contribution in [3.8, 4) is 0 Å². The Morgan fingerprint density at radius 2 is 1.85 bits per heavy atom. The molecule has 2 atom stereocenters. The molecule has 20 heavy (non-hydrogen) atoms. The van der Waals surface area contributed by atoms with Gasteiger partial charge in [-0.3, -0.25) is 4.79 Å². The van der Waals surface area contributed by atoms with E-state index in [1.54, 1.807) is 0 Å². The van der Waals surface area contributed by atoms with Gasteiger partial charge in [0.1, 0.15) is 0 Å². The quantitative estimate of drug-likeness (QED) is 0.840. The van der Waals surface area contributed by atoms with Gasteiger partial charge in [-0.1, -0.05) is 19.3 Å². The number of hydrogen-bond donors (Lipinski definition) is 2. The van der Waals surface area contributed by atoms with Gasteiger partial charge >= 0.3 is 6.18 Å². The van der Waals surface area contributed by atoms with Crippen LogP contribution in [0.1, 0.15) is 51.4 Å². The molecular weight excluding hydrogens is 271 g/mol. The Morgan fingerprint density at radius 1 is 1.20 bits per heavy atom. The highest BCUT2D eigenvalue weighted by atomic mass is 19.4. The lowest BCUT2D eigenvalue weighted by molar-refractivity contribution is -0.186. The van der Waals surface area contributed by atoms with Crippen LogP contribution in [-0.2, 0) is 4.79 Å². The van der Waals surface area contributed by atoms with Gasteiger partial charge in [-0.05, 0) is 32.1 Å². The molecule has 2 saturated carbocycles. The predicted molar refractivity (Wildman–Crippen MR) is 67.9 cm³/mol. The smallest absolute Gasteiger partial charge is 0.391 e. The molecule has 2 aliphatic carbocycles. The highest BCUT2D eigenvalue weighted by Gasteiger charge is 2.44. The fourth-order valence-electron chi connectivity index (χ4n) is 3.46. The Balaban J connectivity index is 1.95. The SMILES string of the molecule is O=C(NC1(CO)CCCC1)C1CCCC(C(F)(F)F)C1. The molecule has 0 spiro atoms. The van der Waals surface area contributed by atoms with Crippen LogP contribution in [0, 0.1) is 11.8 Å².